The van der Waals surface area contributed by atoms with Gasteiger partial charge in [-0.2, -0.15) is 0 Å². The Balaban J connectivity index is 2.06. The van der Waals surface area contributed by atoms with Crippen LogP contribution in [0.2, 0.25) is 0 Å². The molecule has 2 amide bonds. The van der Waals surface area contributed by atoms with Gasteiger partial charge in [0.25, 0.3) is 0 Å². The average molecular weight is 564 g/mol. The summed E-state index contributed by atoms with van der Waals surface area (Å²) in [6.07, 6.45) is 3.15. The molecule has 0 aromatic heterocycles. The van der Waals surface area contributed by atoms with Crippen molar-refractivity contribution in [2.24, 2.45) is 0 Å². The van der Waals surface area contributed by atoms with Crippen LogP contribution in [0.1, 0.15) is 47.6 Å². The van der Waals surface area contributed by atoms with Gasteiger partial charge in [-0.15, -0.1) is 0 Å². The lowest BCUT2D eigenvalue weighted by Gasteiger charge is -2.34. The van der Waals surface area contributed by atoms with Crippen molar-refractivity contribution in [3.63, 3.8) is 0 Å². The van der Waals surface area contributed by atoms with E-state index < -0.39 is 28.5 Å². The van der Waals surface area contributed by atoms with E-state index in [-0.39, 0.29) is 12.5 Å². The second kappa shape index (κ2) is 14.1. The van der Waals surface area contributed by atoms with E-state index in [4.69, 9.17) is 0 Å². The maximum atomic E-state index is 14.2. The molecule has 40 heavy (non-hydrogen) atoms. The number of benzene rings is 3. The van der Waals surface area contributed by atoms with Crippen LogP contribution in [0.15, 0.2) is 72.8 Å². The first kappa shape index (κ1) is 30.9. The Morgan fingerprint density at radius 1 is 0.900 bits per heavy atom. The molecule has 0 saturated heterocycles. The summed E-state index contributed by atoms with van der Waals surface area (Å²) in [5, 5.41) is 3.01. The van der Waals surface area contributed by atoms with Gasteiger partial charge in [0.2, 0.25) is 21.8 Å². The van der Waals surface area contributed by atoms with Gasteiger partial charge in [-0.05, 0) is 67.1 Å². The van der Waals surface area contributed by atoms with E-state index in [0.717, 1.165) is 51.2 Å². The van der Waals surface area contributed by atoms with Crippen molar-refractivity contribution in [2.75, 3.05) is 23.7 Å². The summed E-state index contributed by atoms with van der Waals surface area (Å²) in [5.74, 6) is -0.698. The normalized spacial score (nSPS) is 12.0. The summed E-state index contributed by atoms with van der Waals surface area (Å²) >= 11 is 0. The Kier molecular flexibility index (Phi) is 10.9. The first-order chi connectivity index (χ1) is 19.0. The number of hydrogen-bond acceptors (Lipinski definition) is 4. The lowest BCUT2D eigenvalue weighted by Crippen LogP contribution is -2.53. The van der Waals surface area contributed by atoms with E-state index >= 15 is 0 Å². The van der Waals surface area contributed by atoms with Gasteiger partial charge >= 0.3 is 0 Å². The van der Waals surface area contributed by atoms with Crippen LogP contribution < -0.4 is 9.62 Å². The minimum atomic E-state index is -3.80. The number of carbonyl (C=O) groups is 2. The number of nitrogens with one attached hydrogen (secondary N) is 1. The third-order valence-corrected chi connectivity index (χ3v) is 8.02. The van der Waals surface area contributed by atoms with Gasteiger partial charge in [0, 0.05) is 19.5 Å². The van der Waals surface area contributed by atoms with E-state index in [1.807, 2.05) is 81.4 Å². The van der Waals surface area contributed by atoms with Crippen molar-refractivity contribution < 1.29 is 18.0 Å². The van der Waals surface area contributed by atoms with E-state index in [2.05, 4.69) is 12.2 Å². The number of amides is 2. The Morgan fingerprint density at radius 3 is 2.12 bits per heavy atom. The zero-order valence-corrected chi connectivity index (χ0v) is 25.0. The molecule has 0 aliphatic carbocycles. The number of sulfonamides is 1. The topological polar surface area (TPSA) is 86.8 Å². The monoisotopic (exact) mass is 563 g/mol. The minimum Gasteiger partial charge on any atom is -0.354 e. The van der Waals surface area contributed by atoms with Crippen LogP contribution >= 0.6 is 0 Å². The zero-order chi connectivity index (χ0) is 29.3. The molecule has 1 N–H and O–H groups in total. The van der Waals surface area contributed by atoms with Gasteiger partial charge in [0.1, 0.15) is 12.6 Å². The van der Waals surface area contributed by atoms with Crippen LogP contribution in [-0.2, 0) is 32.6 Å². The van der Waals surface area contributed by atoms with Gasteiger partial charge in [0.15, 0.2) is 0 Å². The molecular weight excluding hydrogens is 522 g/mol. The van der Waals surface area contributed by atoms with Crippen LogP contribution in [0.5, 0.6) is 0 Å². The quantitative estimate of drug-likeness (QED) is 0.299. The van der Waals surface area contributed by atoms with Crippen molar-refractivity contribution in [3.8, 4) is 0 Å². The lowest BCUT2D eigenvalue weighted by atomic mass is 10.0. The lowest BCUT2D eigenvalue weighted by molar-refractivity contribution is -0.140. The SMILES string of the molecule is CCCCNC(=O)[C@H](Cc1ccccc1)N(Cc1ccccc1C)C(=O)CN(c1cc(C)cc(C)c1)S(C)(=O)=O. The largest absolute Gasteiger partial charge is 0.354 e. The van der Waals surface area contributed by atoms with Gasteiger partial charge < -0.3 is 10.2 Å². The number of nitrogens with zero attached hydrogens (tertiary/aromatic N) is 2. The number of aryl methyl sites for hydroxylation is 3. The highest BCUT2D eigenvalue weighted by molar-refractivity contribution is 7.92. The number of unbranched alkanes of at least 4 members (excludes halogenated alkanes) is 1. The van der Waals surface area contributed by atoms with Crippen molar-refractivity contribution in [1.29, 1.82) is 0 Å². The molecular formula is C32H41N3O4S. The van der Waals surface area contributed by atoms with Crippen LogP contribution in [0, 0.1) is 20.8 Å². The first-order valence-electron chi connectivity index (χ1n) is 13.7. The van der Waals surface area contributed by atoms with Crippen LogP contribution in [-0.4, -0.2) is 50.5 Å². The number of rotatable bonds is 13. The molecule has 1 atom stereocenters. The van der Waals surface area contributed by atoms with Crippen molar-refractivity contribution >= 4 is 27.5 Å². The summed E-state index contributed by atoms with van der Waals surface area (Å²) in [5.41, 5.74) is 5.01. The molecule has 214 valence electrons. The molecule has 0 spiro atoms. The van der Waals surface area contributed by atoms with Crippen molar-refractivity contribution in [1.82, 2.24) is 10.2 Å². The highest BCUT2D eigenvalue weighted by Gasteiger charge is 2.33. The van der Waals surface area contributed by atoms with Gasteiger partial charge in [-0.3, -0.25) is 13.9 Å². The molecule has 3 aromatic carbocycles. The molecule has 0 aliphatic heterocycles. The minimum absolute atomic E-state index is 0.175. The average Bonchev–Trinajstić information content (AvgIpc) is 2.89. The van der Waals surface area contributed by atoms with Crippen molar-refractivity contribution in [2.45, 2.75) is 59.5 Å². The van der Waals surface area contributed by atoms with E-state index in [1.54, 1.807) is 12.1 Å². The van der Waals surface area contributed by atoms with Crippen LogP contribution in [0.25, 0.3) is 0 Å². The van der Waals surface area contributed by atoms with E-state index in [9.17, 15) is 18.0 Å². The summed E-state index contributed by atoms with van der Waals surface area (Å²) in [4.78, 5) is 29.4. The van der Waals surface area contributed by atoms with Crippen LogP contribution in [0.3, 0.4) is 0 Å². The molecule has 0 saturated carbocycles. The molecule has 0 unspecified atom stereocenters. The molecule has 0 radical (unpaired) electrons. The van der Waals surface area contributed by atoms with E-state index in [0.29, 0.717) is 18.7 Å². The summed E-state index contributed by atoms with van der Waals surface area (Å²) in [6.45, 7) is 8.05. The Labute approximate surface area is 239 Å². The Bertz CT molecular complexity index is 1390. The first-order valence-corrected chi connectivity index (χ1v) is 15.6. The standard InChI is InChI=1S/C32H41N3O4S/c1-6-7-17-33-32(37)30(21-27-14-9-8-10-15-27)34(22-28-16-12-11-13-26(28)4)31(36)23-35(40(5,38)39)29-19-24(2)18-25(3)20-29/h8-16,18-20,30H,6-7,17,21-23H2,1-5H3,(H,33,37)/t30-/m0/s1. The maximum Gasteiger partial charge on any atom is 0.244 e. The summed E-state index contributed by atoms with van der Waals surface area (Å²) in [6, 6.07) is 21.9. The summed E-state index contributed by atoms with van der Waals surface area (Å²) in [7, 11) is -3.80. The number of anilines is 1. The second-order valence-electron chi connectivity index (χ2n) is 10.4. The Hall–Kier alpha value is -3.65. The molecule has 7 nitrogen and oxygen atoms in total. The van der Waals surface area contributed by atoms with Gasteiger partial charge in [-0.1, -0.05) is 74.0 Å². The molecule has 8 heteroatoms. The Morgan fingerprint density at radius 2 is 1.52 bits per heavy atom. The molecule has 0 heterocycles. The fourth-order valence-corrected chi connectivity index (χ4v) is 5.57. The van der Waals surface area contributed by atoms with E-state index in [1.165, 1.54) is 4.90 Å². The molecule has 3 rings (SSSR count). The number of carbonyl (C=O) groups excluding carboxylic acids is 2. The van der Waals surface area contributed by atoms with Crippen LogP contribution in [0.4, 0.5) is 5.69 Å². The smallest absolute Gasteiger partial charge is 0.244 e. The molecule has 0 fully saturated rings. The summed E-state index contributed by atoms with van der Waals surface area (Å²) < 4.78 is 27.1. The molecule has 0 bridgehead atoms. The highest BCUT2D eigenvalue weighted by atomic mass is 32.2. The predicted molar refractivity (Wildman–Crippen MR) is 162 cm³/mol. The third-order valence-electron chi connectivity index (χ3n) is 6.88. The maximum absolute atomic E-state index is 14.2. The molecule has 3 aromatic rings. The highest BCUT2D eigenvalue weighted by Crippen LogP contribution is 2.23. The fraction of sp³-hybridized carbons (Fsp3) is 0.375. The van der Waals surface area contributed by atoms with Gasteiger partial charge in [-0.25, -0.2) is 8.42 Å². The predicted octanol–water partition coefficient (Wildman–Crippen LogP) is 4.93. The zero-order valence-electron chi connectivity index (χ0n) is 24.2. The number of hydrogen-bond donors (Lipinski definition) is 1. The third kappa shape index (κ3) is 8.68. The fourth-order valence-electron chi connectivity index (χ4n) is 4.74. The van der Waals surface area contributed by atoms with Crippen molar-refractivity contribution in [3.05, 3.63) is 101 Å². The molecule has 0 aliphatic rings. The van der Waals surface area contributed by atoms with Gasteiger partial charge in [0.05, 0.1) is 11.9 Å². The second-order valence-corrected chi connectivity index (χ2v) is 12.3.